The van der Waals surface area contributed by atoms with Gasteiger partial charge in [-0.25, -0.2) is 14.3 Å². The van der Waals surface area contributed by atoms with Gasteiger partial charge >= 0.3 is 5.69 Å². The topological polar surface area (TPSA) is 96.8 Å². The lowest BCUT2D eigenvalue weighted by atomic mass is 10.2. The smallest absolute Gasteiger partial charge is 0.333 e. The molecule has 7 nitrogen and oxygen atoms in total. The molecule has 8 heteroatoms. The molecule has 0 saturated carbocycles. The van der Waals surface area contributed by atoms with Gasteiger partial charge < -0.3 is 10.3 Å². The van der Waals surface area contributed by atoms with Crippen LogP contribution in [0.5, 0.6) is 0 Å². The summed E-state index contributed by atoms with van der Waals surface area (Å²) in [5.74, 6) is -0.560. The van der Waals surface area contributed by atoms with E-state index in [-0.39, 0.29) is 12.1 Å². The predicted octanol–water partition coefficient (Wildman–Crippen LogP) is 2.89. The first-order valence-corrected chi connectivity index (χ1v) is 10.1. The maximum absolute atomic E-state index is 12.8. The molecule has 30 heavy (non-hydrogen) atoms. The van der Waals surface area contributed by atoms with Crippen molar-refractivity contribution in [3.8, 4) is 16.3 Å². The number of carbonyl (C=O) groups excluding carboxylic acids is 1. The van der Waals surface area contributed by atoms with Crippen LogP contribution in [0.2, 0.25) is 0 Å². The number of aromatic nitrogens is 3. The number of nitrogens with one attached hydrogen (secondary N) is 2. The molecule has 0 fully saturated rings. The van der Waals surface area contributed by atoms with E-state index >= 15 is 0 Å². The lowest BCUT2D eigenvalue weighted by Gasteiger charge is -2.07. The molecule has 1 amide bonds. The Labute approximate surface area is 175 Å². The number of aryl methyl sites for hydroxylation is 1. The fourth-order valence-electron chi connectivity index (χ4n) is 3.00. The van der Waals surface area contributed by atoms with Gasteiger partial charge in [0.1, 0.15) is 10.6 Å². The summed E-state index contributed by atoms with van der Waals surface area (Å²) >= 11 is 1.49. The van der Waals surface area contributed by atoms with E-state index in [9.17, 15) is 14.4 Å². The van der Waals surface area contributed by atoms with Crippen LogP contribution in [0.15, 0.2) is 76.4 Å². The molecule has 0 atom stereocenters. The third-order valence-corrected chi connectivity index (χ3v) is 5.76. The zero-order valence-corrected chi connectivity index (χ0v) is 16.9. The van der Waals surface area contributed by atoms with Crippen molar-refractivity contribution in [1.82, 2.24) is 19.9 Å². The molecule has 2 aromatic heterocycles. The fraction of sp³-hybridized carbons (Fsp3) is 0.0909. The lowest BCUT2D eigenvalue weighted by molar-refractivity contribution is 0.0949. The van der Waals surface area contributed by atoms with E-state index in [0.29, 0.717) is 5.69 Å². The summed E-state index contributed by atoms with van der Waals surface area (Å²) < 4.78 is 0.945. The molecule has 2 heterocycles. The number of rotatable bonds is 5. The number of thiazole rings is 1. The predicted molar refractivity (Wildman–Crippen MR) is 116 cm³/mol. The Bertz CT molecular complexity index is 1310. The second-order valence-corrected chi connectivity index (χ2v) is 7.64. The maximum atomic E-state index is 12.8. The Morgan fingerprint density at radius 3 is 2.43 bits per heavy atom. The quantitative estimate of drug-likeness (QED) is 0.521. The van der Waals surface area contributed by atoms with Crippen LogP contribution in [-0.4, -0.2) is 20.4 Å². The highest BCUT2D eigenvalue weighted by Crippen LogP contribution is 2.27. The van der Waals surface area contributed by atoms with E-state index in [0.717, 1.165) is 31.9 Å². The van der Waals surface area contributed by atoms with E-state index in [1.54, 1.807) is 30.3 Å². The number of para-hydroxylation sites is 1. The van der Waals surface area contributed by atoms with Gasteiger partial charge in [0.25, 0.3) is 11.5 Å². The molecular weight excluding hydrogens is 400 g/mol. The van der Waals surface area contributed by atoms with Crippen molar-refractivity contribution in [2.24, 2.45) is 0 Å². The van der Waals surface area contributed by atoms with Crippen LogP contribution in [0.3, 0.4) is 0 Å². The molecule has 150 valence electrons. The molecule has 2 N–H and O–H groups in total. The highest BCUT2D eigenvalue weighted by Gasteiger charge is 2.17. The summed E-state index contributed by atoms with van der Waals surface area (Å²) in [4.78, 5) is 45.5. The SMILES string of the molecule is Cc1nc(-c2ccccc2)sc1CNC(=O)c1c[nH]c(=O)n(-c2ccccc2)c1=O. The van der Waals surface area contributed by atoms with Crippen LogP contribution in [0.1, 0.15) is 20.9 Å². The van der Waals surface area contributed by atoms with Crippen molar-refractivity contribution >= 4 is 17.2 Å². The van der Waals surface area contributed by atoms with Gasteiger partial charge in [-0.2, -0.15) is 0 Å². The molecule has 0 aliphatic rings. The molecule has 4 rings (SSSR count). The maximum Gasteiger partial charge on any atom is 0.333 e. The Kier molecular flexibility index (Phi) is 5.40. The van der Waals surface area contributed by atoms with Gasteiger partial charge in [0, 0.05) is 16.6 Å². The first-order chi connectivity index (χ1) is 14.5. The number of H-pyrrole nitrogens is 1. The van der Waals surface area contributed by atoms with Crippen LogP contribution in [-0.2, 0) is 6.54 Å². The number of benzene rings is 2. The Hall–Kier alpha value is -3.78. The minimum Gasteiger partial charge on any atom is -0.347 e. The van der Waals surface area contributed by atoms with Gasteiger partial charge in [-0.1, -0.05) is 48.5 Å². The monoisotopic (exact) mass is 418 g/mol. The molecule has 0 bridgehead atoms. The Morgan fingerprint density at radius 2 is 1.73 bits per heavy atom. The Morgan fingerprint density at radius 1 is 1.07 bits per heavy atom. The molecule has 0 aliphatic carbocycles. The molecule has 0 unspecified atom stereocenters. The van der Waals surface area contributed by atoms with Gasteiger partial charge in [-0.3, -0.25) is 9.59 Å². The third kappa shape index (κ3) is 3.85. The first-order valence-electron chi connectivity index (χ1n) is 9.24. The third-order valence-electron chi connectivity index (χ3n) is 4.56. The number of aromatic amines is 1. The average molecular weight is 418 g/mol. The summed E-state index contributed by atoms with van der Waals surface area (Å²) in [6, 6.07) is 18.3. The molecule has 4 aromatic rings. The minimum absolute atomic E-state index is 0.135. The number of amides is 1. The molecule has 2 aromatic carbocycles. The average Bonchev–Trinajstić information content (AvgIpc) is 3.14. The highest BCUT2D eigenvalue weighted by molar-refractivity contribution is 7.15. The number of hydrogen-bond acceptors (Lipinski definition) is 5. The summed E-state index contributed by atoms with van der Waals surface area (Å²) in [6.07, 6.45) is 1.15. The van der Waals surface area contributed by atoms with Gasteiger partial charge in [0.15, 0.2) is 0 Å². The van der Waals surface area contributed by atoms with E-state index < -0.39 is 17.2 Å². The van der Waals surface area contributed by atoms with Gasteiger partial charge in [0.05, 0.1) is 17.9 Å². The Balaban J connectivity index is 1.57. The molecule has 0 spiro atoms. The van der Waals surface area contributed by atoms with Crippen LogP contribution in [0.4, 0.5) is 0 Å². The van der Waals surface area contributed by atoms with Crippen molar-refractivity contribution in [1.29, 1.82) is 0 Å². The molecule has 0 saturated heterocycles. The van der Waals surface area contributed by atoms with E-state index in [4.69, 9.17) is 0 Å². The lowest BCUT2D eigenvalue weighted by Crippen LogP contribution is -2.39. The molecule has 0 aliphatic heterocycles. The van der Waals surface area contributed by atoms with Crippen molar-refractivity contribution in [2.75, 3.05) is 0 Å². The zero-order valence-electron chi connectivity index (χ0n) is 16.1. The highest BCUT2D eigenvalue weighted by atomic mass is 32.1. The normalized spacial score (nSPS) is 10.7. The fourth-order valence-corrected chi connectivity index (χ4v) is 4.01. The summed E-state index contributed by atoms with van der Waals surface area (Å²) in [7, 11) is 0. The standard InChI is InChI=1S/C22H18N4O3S/c1-14-18(30-20(25-14)15-8-4-2-5-9-15)13-23-19(27)17-12-24-22(29)26(21(17)28)16-10-6-3-7-11-16/h2-12H,13H2,1H3,(H,23,27)(H,24,29). The van der Waals surface area contributed by atoms with Gasteiger partial charge in [-0.15, -0.1) is 11.3 Å². The minimum atomic E-state index is -0.673. The van der Waals surface area contributed by atoms with Crippen molar-refractivity contribution < 1.29 is 4.79 Å². The second-order valence-electron chi connectivity index (χ2n) is 6.56. The van der Waals surface area contributed by atoms with E-state index in [1.807, 2.05) is 37.3 Å². The van der Waals surface area contributed by atoms with Crippen molar-refractivity contribution in [3.05, 3.63) is 104 Å². The van der Waals surface area contributed by atoms with Crippen LogP contribution in [0.25, 0.3) is 16.3 Å². The largest absolute Gasteiger partial charge is 0.347 e. The van der Waals surface area contributed by atoms with E-state index in [2.05, 4.69) is 15.3 Å². The summed E-state index contributed by atoms with van der Waals surface area (Å²) in [6.45, 7) is 2.12. The summed E-state index contributed by atoms with van der Waals surface area (Å²) in [5, 5.41) is 3.62. The van der Waals surface area contributed by atoms with Crippen molar-refractivity contribution in [2.45, 2.75) is 13.5 Å². The zero-order chi connectivity index (χ0) is 21.1. The van der Waals surface area contributed by atoms with Crippen LogP contribution >= 0.6 is 11.3 Å². The van der Waals surface area contributed by atoms with Gasteiger partial charge in [0.2, 0.25) is 0 Å². The molecular formula is C22H18N4O3S. The van der Waals surface area contributed by atoms with Crippen LogP contribution in [0, 0.1) is 6.92 Å². The van der Waals surface area contributed by atoms with Gasteiger partial charge in [-0.05, 0) is 19.1 Å². The number of hydrogen-bond donors (Lipinski definition) is 2. The second kappa shape index (κ2) is 8.30. The van der Waals surface area contributed by atoms with Crippen LogP contribution < -0.4 is 16.6 Å². The van der Waals surface area contributed by atoms with E-state index in [1.165, 1.54) is 11.3 Å². The number of nitrogens with zero attached hydrogens (tertiary/aromatic N) is 2. The first kappa shape index (κ1) is 19.5. The van der Waals surface area contributed by atoms with Crippen molar-refractivity contribution in [3.63, 3.8) is 0 Å². The molecule has 0 radical (unpaired) electrons. The summed E-state index contributed by atoms with van der Waals surface area (Å²) in [5.41, 5.74) is 0.812. The number of carbonyl (C=O) groups is 1.